The number of carbonyl (C=O) groups excluding carboxylic acids is 1. The van der Waals surface area contributed by atoms with Gasteiger partial charge in [0.2, 0.25) is 5.95 Å². The largest absolute Gasteiger partial charge is 0.326 e. The lowest BCUT2D eigenvalue weighted by molar-refractivity contribution is 0.102. The van der Waals surface area contributed by atoms with Gasteiger partial charge in [0.05, 0.1) is 11.0 Å². The van der Waals surface area contributed by atoms with Crippen molar-refractivity contribution in [3.8, 4) is 0 Å². The van der Waals surface area contributed by atoms with Gasteiger partial charge in [0.1, 0.15) is 0 Å². The molecule has 5 rings (SSSR count). The van der Waals surface area contributed by atoms with Crippen molar-refractivity contribution < 1.29 is 4.79 Å². The Bertz CT molecular complexity index is 1220. The molecule has 0 unspecified atom stereocenters. The average molecular weight is 455 g/mol. The van der Waals surface area contributed by atoms with E-state index >= 15 is 0 Å². The van der Waals surface area contributed by atoms with Gasteiger partial charge < -0.3 is 20.5 Å². The minimum absolute atomic E-state index is 0.121. The SMILES string of the molecule is CCN1CCN(Cc2ccc(C(=O)Nc3cccc(Nc4nc5ccccc5[nH]4)c3)cc2)CC1. The van der Waals surface area contributed by atoms with E-state index in [0.29, 0.717) is 11.5 Å². The minimum Gasteiger partial charge on any atom is -0.326 e. The summed E-state index contributed by atoms with van der Waals surface area (Å²) < 4.78 is 0. The maximum absolute atomic E-state index is 12.8. The zero-order valence-electron chi connectivity index (χ0n) is 19.4. The number of imidazole rings is 1. The van der Waals surface area contributed by atoms with Gasteiger partial charge in [-0.2, -0.15) is 0 Å². The molecule has 1 fully saturated rings. The number of fused-ring (bicyclic) bond motifs is 1. The summed E-state index contributed by atoms with van der Waals surface area (Å²) in [6.45, 7) is 8.70. The van der Waals surface area contributed by atoms with Crippen LogP contribution in [0.1, 0.15) is 22.8 Å². The first-order chi connectivity index (χ1) is 16.7. The van der Waals surface area contributed by atoms with Crippen LogP contribution in [0.25, 0.3) is 11.0 Å². The van der Waals surface area contributed by atoms with Gasteiger partial charge in [0.25, 0.3) is 5.91 Å². The first-order valence-electron chi connectivity index (χ1n) is 11.8. The second-order valence-electron chi connectivity index (χ2n) is 8.67. The van der Waals surface area contributed by atoms with Crippen molar-refractivity contribution in [2.24, 2.45) is 0 Å². The number of nitrogens with zero attached hydrogens (tertiary/aromatic N) is 3. The average Bonchev–Trinajstić information content (AvgIpc) is 3.27. The van der Waals surface area contributed by atoms with Crippen LogP contribution in [0.15, 0.2) is 72.8 Å². The lowest BCUT2D eigenvalue weighted by Crippen LogP contribution is -2.45. The van der Waals surface area contributed by atoms with Gasteiger partial charge in [-0.25, -0.2) is 4.98 Å². The first kappa shape index (κ1) is 22.1. The number of carbonyl (C=O) groups is 1. The van der Waals surface area contributed by atoms with Crippen molar-refractivity contribution in [1.29, 1.82) is 0 Å². The van der Waals surface area contributed by atoms with Crippen LogP contribution >= 0.6 is 0 Å². The fourth-order valence-corrected chi connectivity index (χ4v) is 4.31. The summed E-state index contributed by atoms with van der Waals surface area (Å²) in [4.78, 5) is 25.6. The van der Waals surface area contributed by atoms with Crippen LogP contribution in [0.3, 0.4) is 0 Å². The highest BCUT2D eigenvalue weighted by atomic mass is 16.1. The molecule has 1 aromatic heterocycles. The number of piperazine rings is 1. The number of H-pyrrole nitrogens is 1. The van der Waals surface area contributed by atoms with Crippen molar-refractivity contribution in [2.45, 2.75) is 13.5 Å². The molecule has 7 nitrogen and oxygen atoms in total. The Hall–Kier alpha value is -3.68. The van der Waals surface area contributed by atoms with E-state index in [1.165, 1.54) is 5.56 Å². The summed E-state index contributed by atoms with van der Waals surface area (Å²) in [7, 11) is 0. The van der Waals surface area contributed by atoms with E-state index in [1.54, 1.807) is 0 Å². The Morgan fingerprint density at radius 3 is 2.41 bits per heavy atom. The maximum Gasteiger partial charge on any atom is 0.255 e. The zero-order valence-corrected chi connectivity index (χ0v) is 19.4. The van der Waals surface area contributed by atoms with Gasteiger partial charge in [-0.15, -0.1) is 0 Å². The normalized spacial score (nSPS) is 14.9. The molecule has 3 N–H and O–H groups in total. The zero-order chi connectivity index (χ0) is 23.3. The number of rotatable bonds is 7. The Morgan fingerprint density at radius 1 is 0.912 bits per heavy atom. The molecule has 1 aliphatic heterocycles. The van der Waals surface area contributed by atoms with Crippen molar-refractivity contribution in [1.82, 2.24) is 19.8 Å². The van der Waals surface area contributed by atoms with Crippen molar-refractivity contribution in [3.05, 3.63) is 83.9 Å². The lowest BCUT2D eigenvalue weighted by atomic mass is 10.1. The predicted molar refractivity (Wildman–Crippen MR) is 138 cm³/mol. The fourth-order valence-electron chi connectivity index (χ4n) is 4.31. The molecule has 1 saturated heterocycles. The van der Waals surface area contributed by atoms with E-state index in [4.69, 9.17) is 0 Å². The molecule has 7 heteroatoms. The molecule has 0 bridgehead atoms. The monoisotopic (exact) mass is 454 g/mol. The van der Waals surface area contributed by atoms with Gasteiger partial charge in [-0.05, 0) is 54.6 Å². The van der Waals surface area contributed by atoms with Crippen molar-refractivity contribution in [3.63, 3.8) is 0 Å². The van der Waals surface area contributed by atoms with Crippen molar-refractivity contribution >= 4 is 34.3 Å². The van der Waals surface area contributed by atoms with Crippen LogP contribution < -0.4 is 10.6 Å². The maximum atomic E-state index is 12.8. The molecular formula is C27H30N6O. The molecule has 0 radical (unpaired) electrons. The number of hydrogen-bond donors (Lipinski definition) is 3. The highest BCUT2D eigenvalue weighted by molar-refractivity contribution is 6.04. The number of hydrogen-bond acceptors (Lipinski definition) is 5. The van der Waals surface area contributed by atoms with E-state index in [0.717, 1.165) is 61.7 Å². The smallest absolute Gasteiger partial charge is 0.255 e. The number of nitrogens with one attached hydrogen (secondary N) is 3. The van der Waals surface area contributed by atoms with Crippen LogP contribution in [-0.2, 0) is 6.54 Å². The number of aromatic nitrogens is 2. The molecular weight excluding hydrogens is 424 g/mol. The highest BCUT2D eigenvalue weighted by Crippen LogP contribution is 2.21. The molecule has 2 heterocycles. The summed E-state index contributed by atoms with van der Waals surface area (Å²) in [5.74, 6) is 0.542. The van der Waals surface area contributed by atoms with Crippen molar-refractivity contribution in [2.75, 3.05) is 43.4 Å². The van der Waals surface area contributed by atoms with Gasteiger partial charge in [0.15, 0.2) is 0 Å². The third-order valence-electron chi connectivity index (χ3n) is 6.31. The number of amides is 1. The van der Waals surface area contributed by atoms with Crippen LogP contribution in [0.2, 0.25) is 0 Å². The van der Waals surface area contributed by atoms with Crippen LogP contribution in [-0.4, -0.2) is 58.4 Å². The van der Waals surface area contributed by atoms with Crippen LogP contribution in [0.4, 0.5) is 17.3 Å². The Kier molecular flexibility index (Phi) is 6.56. The van der Waals surface area contributed by atoms with E-state index in [-0.39, 0.29) is 5.91 Å². The molecule has 3 aromatic carbocycles. The molecule has 0 saturated carbocycles. The number of anilines is 3. The molecule has 34 heavy (non-hydrogen) atoms. The summed E-state index contributed by atoms with van der Waals surface area (Å²) in [5.41, 5.74) is 5.33. The number of aromatic amines is 1. The topological polar surface area (TPSA) is 76.3 Å². The van der Waals surface area contributed by atoms with Crippen LogP contribution in [0.5, 0.6) is 0 Å². The molecule has 1 aliphatic rings. The standard InChI is InChI=1S/C27H30N6O/c1-2-32-14-16-33(17-15-32)19-20-10-12-21(13-11-20)26(34)28-22-6-5-7-23(18-22)29-27-30-24-8-3-4-9-25(24)31-27/h3-13,18H,2,14-17,19H2,1H3,(H,28,34)(H2,29,30,31). The van der Waals surface area contributed by atoms with Gasteiger partial charge in [-0.1, -0.05) is 37.3 Å². The highest BCUT2D eigenvalue weighted by Gasteiger charge is 2.15. The fraction of sp³-hybridized carbons (Fsp3) is 0.259. The van der Waals surface area contributed by atoms with Gasteiger partial charge in [-0.3, -0.25) is 9.69 Å². The second-order valence-corrected chi connectivity index (χ2v) is 8.67. The molecule has 4 aromatic rings. The van der Waals surface area contributed by atoms with Gasteiger partial charge in [0, 0.05) is 49.7 Å². The number of para-hydroxylation sites is 2. The summed E-state index contributed by atoms with van der Waals surface area (Å²) >= 11 is 0. The predicted octanol–water partition coefficient (Wildman–Crippen LogP) is 4.70. The lowest BCUT2D eigenvalue weighted by Gasteiger charge is -2.34. The minimum atomic E-state index is -0.121. The van der Waals surface area contributed by atoms with E-state index < -0.39 is 0 Å². The number of likely N-dealkylation sites (N-methyl/N-ethyl adjacent to an activating group) is 1. The third-order valence-corrected chi connectivity index (χ3v) is 6.31. The molecule has 0 aliphatic carbocycles. The quantitative estimate of drug-likeness (QED) is 0.378. The Morgan fingerprint density at radius 2 is 1.65 bits per heavy atom. The summed E-state index contributed by atoms with van der Waals surface area (Å²) in [6, 6.07) is 23.4. The van der Waals surface area contributed by atoms with E-state index in [9.17, 15) is 4.79 Å². The molecule has 174 valence electrons. The molecule has 0 spiro atoms. The Balaban J connectivity index is 1.19. The first-order valence-corrected chi connectivity index (χ1v) is 11.8. The third kappa shape index (κ3) is 5.27. The second kappa shape index (κ2) is 10.1. The van der Waals surface area contributed by atoms with Crippen LogP contribution in [0, 0.1) is 0 Å². The van der Waals surface area contributed by atoms with E-state index in [1.807, 2.05) is 60.7 Å². The van der Waals surface area contributed by atoms with Gasteiger partial charge >= 0.3 is 0 Å². The summed E-state index contributed by atoms with van der Waals surface area (Å²) in [6.07, 6.45) is 0. The summed E-state index contributed by atoms with van der Waals surface area (Å²) in [5, 5.41) is 6.27. The number of benzene rings is 3. The molecule has 1 amide bonds. The van der Waals surface area contributed by atoms with E-state index in [2.05, 4.69) is 49.5 Å². The Labute approximate surface area is 199 Å². The molecule has 0 atom stereocenters.